The Morgan fingerprint density at radius 2 is 1.87 bits per heavy atom. The molecule has 2 aromatic rings. The van der Waals surface area contributed by atoms with Gasteiger partial charge in [-0.2, -0.15) is 0 Å². The first-order valence-electron chi connectivity index (χ1n) is 6.10. The lowest BCUT2D eigenvalue weighted by atomic mass is 10.2. The standard InChI is InChI=1S/C14H8Cl2F2N2O3/c15-7-4-8(16)13(19-5-7)20-11(21)6-23-14(22)12-9(17)2-1-3-10(12)18/h1-5H,6H2,(H,19,20,21). The molecule has 0 saturated heterocycles. The number of rotatable bonds is 4. The van der Waals surface area contributed by atoms with E-state index in [4.69, 9.17) is 23.2 Å². The number of ether oxygens (including phenoxy) is 1. The zero-order chi connectivity index (χ0) is 17.0. The molecule has 0 aliphatic carbocycles. The number of esters is 1. The molecule has 120 valence electrons. The maximum Gasteiger partial charge on any atom is 0.344 e. The number of carbonyl (C=O) groups excluding carboxylic acids is 2. The second-order valence-corrected chi connectivity index (χ2v) is 5.05. The highest BCUT2D eigenvalue weighted by Crippen LogP contribution is 2.22. The van der Waals surface area contributed by atoms with Crippen LogP contribution in [0.4, 0.5) is 14.6 Å². The average Bonchev–Trinajstić information content (AvgIpc) is 2.48. The second-order valence-electron chi connectivity index (χ2n) is 4.20. The normalized spacial score (nSPS) is 10.3. The summed E-state index contributed by atoms with van der Waals surface area (Å²) in [5.41, 5.74) is -0.872. The molecule has 5 nitrogen and oxygen atoms in total. The highest BCUT2D eigenvalue weighted by molar-refractivity contribution is 6.36. The molecule has 1 heterocycles. The Balaban J connectivity index is 1.98. The summed E-state index contributed by atoms with van der Waals surface area (Å²) < 4.78 is 31.3. The molecule has 1 amide bonds. The first-order valence-corrected chi connectivity index (χ1v) is 6.86. The zero-order valence-electron chi connectivity index (χ0n) is 11.3. The molecule has 23 heavy (non-hydrogen) atoms. The molecule has 0 aliphatic rings. The van der Waals surface area contributed by atoms with Crippen LogP contribution in [-0.2, 0) is 9.53 Å². The summed E-state index contributed by atoms with van der Waals surface area (Å²) in [6.07, 6.45) is 1.25. The van der Waals surface area contributed by atoms with E-state index in [1.807, 2.05) is 0 Å². The summed E-state index contributed by atoms with van der Waals surface area (Å²) in [7, 11) is 0. The Kier molecular flexibility index (Phi) is 5.46. The third-order valence-electron chi connectivity index (χ3n) is 2.57. The van der Waals surface area contributed by atoms with Gasteiger partial charge in [0, 0.05) is 6.20 Å². The van der Waals surface area contributed by atoms with Crippen molar-refractivity contribution in [2.75, 3.05) is 11.9 Å². The van der Waals surface area contributed by atoms with Crippen LogP contribution >= 0.6 is 23.2 Å². The number of benzene rings is 1. The van der Waals surface area contributed by atoms with Gasteiger partial charge < -0.3 is 10.1 Å². The molecule has 0 radical (unpaired) electrons. The maximum atomic E-state index is 13.4. The molecule has 0 atom stereocenters. The fourth-order valence-corrected chi connectivity index (χ4v) is 2.00. The van der Waals surface area contributed by atoms with E-state index in [1.54, 1.807) is 0 Å². The largest absolute Gasteiger partial charge is 0.452 e. The van der Waals surface area contributed by atoms with E-state index in [2.05, 4.69) is 15.0 Å². The molecule has 1 aromatic heterocycles. The first kappa shape index (κ1) is 17.1. The molecular weight excluding hydrogens is 353 g/mol. The fraction of sp³-hybridized carbons (Fsp3) is 0.0714. The van der Waals surface area contributed by atoms with Crippen molar-refractivity contribution in [2.24, 2.45) is 0 Å². The number of amides is 1. The van der Waals surface area contributed by atoms with Crippen LogP contribution in [0.15, 0.2) is 30.5 Å². The lowest BCUT2D eigenvalue weighted by Gasteiger charge is -2.08. The molecule has 2 rings (SSSR count). The predicted octanol–water partition coefficient (Wildman–Crippen LogP) is 3.46. The SMILES string of the molecule is O=C(COC(=O)c1c(F)cccc1F)Nc1ncc(Cl)cc1Cl. The van der Waals surface area contributed by atoms with Crippen LogP contribution in [0.3, 0.4) is 0 Å². The first-order chi connectivity index (χ1) is 10.9. The van der Waals surface area contributed by atoms with Gasteiger partial charge in [-0.1, -0.05) is 29.3 Å². The van der Waals surface area contributed by atoms with Gasteiger partial charge in [-0.3, -0.25) is 4.79 Å². The third-order valence-corrected chi connectivity index (χ3v) is 3.06. The van der Waals surface area contributed by atoms with Crippen molar-refractivity contribution in [1.29, 1.82) is 0 Å². The van der Waals surface area contributed by atoms with E-state index in [1.165, 1.54) is 12.3 Å². The Morgan fingerprint density at radius 3 is 2.48 bits per heavy atom. The smallest absolute Gasteiger partial charge is 0.344 e. The fourth-order valence-electron chi connectivity index (χ4n) is 1.57. The van der Waals surface area contributed by atoms with Crippen molar-refractivity contribution < 1.29 is 23.1 Å². The highest BCUT2D eigenvalue weighted by atomic mass is 35.5. The quantitative estimate of drug-likeness (QED) is 0.847. The lowest BCUT2D eigenvalue weighted by Crippen LogP contribution is -2.22. The van der Waals surface area contributed by atoms with Crippen molar-refractivity contribution in [3.05, 3.63) is 57.7 Å². The summed E-state index contributed by atoms with van der Waals surface area (Å²) in [6.45, 7) is -0.771. The van der Waals surface area contributed by atoms with Crippen molar-refractivity contribution in [2.45, 2.75) is 0 Å². The summed E-state index contributed by atoms with van der Waals surface area (Å²) >= 11 is 11.5. The number of nitrogens with one attached hydrogen (secondary N) is 1. The van der Waals surface area contributed by atoms with Gasteiger partial charge in [-0.25, -0.2) is 18.6 Å². The molecular formula is C14H8Cl2F2N2O3. The van der Waals surface area contributed by atoms with Crippen molar-refractivity contribution in [1.82, 2.24) is 4.98 Å². The van der Waals surface area contributed by atoms with E-state index in [-0.39, 0.29) is 15.9 Å². The Bertz CT molecular complexity index is 751. The maximum absolute atomic E-state index is 13.4. The molecule has 0 fully saturated rings. The number of nitrogens with zero attached hydrogens (tertiary/aromatic N) is 1. The van der Waals surface area contributed by atoms with Gasteiger partial charge >= 0.3 is 5.97 Å². The van der Waals surface area contributed by atoms with Crippen LogP contribution in [0, 0.1) is 11.6 Å². The Morgan fingerprint density at radius 1 is 1.22 bits per heavy atom. The molecule has 0 bridgehead atoms. The topological polar surface area (TPSA) is 68.3 Å². The summed E-state index contributed by atoms with van der Waals surface area (Å²) in [5, 5.41) is 2.62. The van der Waals surface area contributed by atoms with Crippen LogP contribution in [0.1, 0.15) is 10.4 Å². The number of aromatic nitrogens is 1. The molecule has 0 saturated carbocycles. The van der Waals surface area contributed by atoms with Crippen molar-refractivity contribution in [3.63, 3.8) is 0 Å². The van der Waals surface area contributed by atoms with Crippen molar-refractivity contribution >= 4 is 40.9 Å². The van der Waals surface area contributed by atoms with E-state index in [9.17, 15) is 18.4 Å². The van der Waals surface area contributed by atoms with Crippen LogP contribution in [0.25, 0.3) is 0 Å². The molecule has 0 unspecified atom stereocenters. The number of pyridine rings is 1. The van der Waals surface area contributed by atoms with E-state index < -0.39 is 35.7 Å². The molecule has 9 heteroatoms. The van der Waals surface area contributed by atoms with Crippen LogP contribution in [-0.4, -0.2) is 23.5 Å². The minimum atomic E-state index is -1.30. The Labute approximate surface area is 139 Å². The van der Waals surface area contributed by atoms with Crippen LogP contribution in [0.2, 0.25) is 10.0 Å². The van der Waals surface area contributed by atoms with Gasteiger partial charge in [0.15, 0.2) is 12.4 Å². The van der Waals surface area contributed by atoms with Gasteiger partial charge in [-0.05, 0) is 18.2 Å². The number of hydrogen-bond acceptors (Lipinski definition) is 4. The predicted molar refractivity (Wildman–Crippen MR) is 79.5 cm³/mol. The van der Waals surface area contributed by atoms with Gasteiger partial charge in [0.05, 0.1) is 10.0 Å². The zero-order valence-corrected chi connectivity index (χ0v) is 12.8. The summed E-state index contributed by atoms with van der Waals surface area (Å²) in [6, 6.07) is 4.25. The third kappa shape index (κ3) is 4.37. The van der Waals surface area contributed by atoms with Crippen LogP contribution < -0.4 is 5.32 Å². The molecule has 1 N–H and O–H groups in total. The van der Waals surface area contributed by atoms with Gasteiger partial charge in [-0.15, -0.1) is 0 Å². The second kappa shape index (κ2) is 7.34. The number of carbonyl (C=O) groups is 2. The monoisotopic (exact) mass is 360 g/mol. The minimum Gasteiger partial charge on any atom is -0.452 e. The van der Waals surface area contributed by atoms with Crippen molar-refractivity contribution in [3.8, 4) is 0 Å². The highest BCUT2D eigenvalue weighted by Gasteiger charge is 2.19. The minimum absolute atomic E-state index is 0.00851. The summed E-state index contributed by atoms with van der Waals surface area (Å²) in [4.78, 5) is 27.0. The molecule has 0 aliphatic heterocycles. The van der Waals surface area contributed by atoms with Gasteiger partial charge in [0.1, 0.15) is 17.2 Å². The van der Waals surface area contributed by atoms with E-state index >= 15 is 0 Å². The van der Waals surface area contributed by atoms with E-state index in [0.29, 0.717) is 0 Å². The summed E-state index contributed by atoms with van der Waals surface area (Å²) in [5.74, 6) is -4.25. The van der Waals surface area contributed by atoms with Gasteiger partial charge in [0.2, 0.25) is 0 Å². The van der Waals surface area contributed by atoms with Gasteiger partial charge in [0.25, 0.3) is 5.91 Å². The number of anilines is 1. The number of hydrogen-bond donors (Lipinski definition) is 1. The number of halogens is 4. The molecule has 1 aromatic carbocycles. The Hall–Kier alpha value is -2.25. The molecule has 0 spiro atoms. The van der Waals surface area contributed by atoms with Crippen LogP contribution in [0.5, 0.6) is 0 Å². The van der Waals surface area contributed by atoms with E-state index in [0.717, 1.165) is 18.2 Å². The lowest BCUT2D eigenvalue weighted by molar-refractivity contribution is -0.119. The average molecular weight is 361 g/mol.